The number of H-pyrrole nitrogens is 2. The molecule has 0 saturated heterocycles. The highest BCUT2D eigenvalue weighted by molar-refractivity contribution is 7.71. The Kier molecular flexibility index (Phi) is 3.26. The quantitative estimate of drug-likeness (QED) is 0.576. The zero-order chi connectivity index (χ0) is 15.0. The molecule has 0 aliphatic rings. The van der Waals surface area contributed by atoms with Crippen LogP contribution in [0.25, 0.3) is 11.0 Å². The number of hydrogen-bond acceptors (Lipinski definition) is 3. The van der Waals surface area contributed by atoms with Gasteiger partial charge in [0.2, 0.25) is 0 Å². The summed E-state index contributed by atoms with van der Waals surface area (Å²) in [5.41, 5.74) is 1.61. The molecule has 0 aliphatic carbocycles. The van der Waals surface area contributed by atoms with Crippen LogP contribution < -0.4 is 5.56 Å². The summed E-state index contributed by atoms with van der Waals surface area (Å²) < 4.78 is 15.1. The third kappa shape index (κ3) is 2.31. The monoisotopic (exact) mass is 303 g/mol. The largest absolute Gasteiger partial charge is 0.355 e. The minimum Gasteiger partial charge on any atom is -0.355 e. The van der Waals surface area contributed by atoms with E-state index in [1.54, 1.807) is 16.8 Å². The molecule has 106 valence electrons. The van der Waals surface area contributed by atoms with E-state index in [2.05, 4.69) is 9.97 Å². The van der Waals surface area contributed by atoms with Crippen LogP contribution in [0.3, 0.4) is 0 Å². The Morgan fingerprint density at radius 1 is 1.33 bits per heavy atom. The molecule has 1 aromatic carbocycles. The van der Waals surface area contributed by atoms with Gasteiger partial charge < -0.3 is 9.55 Å². The van der Waals surface area contributed by atoms with Crippen LogP contribution in [0.1, 0.15) is 15.9 Å². The van der Waals surface area contributed by atoms with Crippen LogP contribution in [0.15, 0.2) is 35.3 Å². The molecule has 2 heterocycles. The van der Waals surface area contributed by atoms with Gasteiger partial charge in [0.25, 0.3) is 5.56 Å². The third-order valence-corrected chi connectivity index (χ3v) is 3.59. The van der Waals surface area contributed by atoms with E-state index in [4.69, 9.17) is 12.2 Å². The number of fused-ring (bicyclic) bond motifs is 1. The Morgan fingerprint density at radius 3 is 2.90 bits per heavy atom. The first kappa shape index (κ1) is 13.4. The van der Waals surface area contributed by atoms with Gasteiger partial charge in [0.15, 0.2) is 4.77 Å². The molecule has 0 aliphatic heterocycles. The van der Waals surface area contributed by atoms with Crippen LogP contribution in [-0.2, 0) is 6.54 Å². The number of aromatic amines is 2. The molecule has 2 N–H and O–H groups in total. The van der Waals surface area contributed by atoms with Gasteiger partial charge >= 0.3 is 0 Å². The van der Waals surface area contributed by atoms with Gasteiger partial charge in [-0.1, -0.05) is 6.07 Å². The standard InChI is InChI=1S/C14H10FN3O2S/c15-10-2-1-8(9(5-10)7-19)6-18-11-3-4-16-12(11)13(20)17-14(18)21/h1-5,7,16H,6H2,(H,17,20,21). The van der Waals surface area contributed by atoms with E-state index < -0.39 is 5.82 Å². The second kappa shape index (κ2) is 5.10. The van der Waals surface area contributed by atoms with E-state index in [1.165, 1.54) is 18.2 Å². The van der Waals surface area contributed by atoms with Gasteiger partial charge in [-0.2, -0.15) is 0 Å². The summed E-state index contributed by atoms with van der Waals surface area (Å²) in [6.07, 6.45) is 2.23. The molecular formula is C14H10FN3O2S. The molecular weight excluding hydrogens is 293 g/mol. The fourth-order valence-corrected chi connectivity index (χ4v) is 2.51. The smallest absolute Gasteiger partial charge is 0.276 e. The van der Waals surface area contributed by atoms with Crippen LogP contribution in [0, 0.1) is 10.6 Å². The molecule has 0 fully saturated rings. The van der Waals surface area contributed by atoms with Gasteiger partial charge in [-0.05, 0) is 36.0 Å². The predicted octanol–water partition coefficient (Wildman–Crippen LogP) is 2.39. The van der Waals surface area contributed by atoms with Crippen molar-refractivity contribution in [1.82, 2.24) is 14.5 Å². The van der Waals surface area contributed by atoms with E-state index in [0.29, 0.717) is 22.9 Å². The fraction of sp³-hybridized carbons (Fsp3) is 0.0714. The zero-order valence-electron chi connectivity index (χ0n) is 10.7. The van der Waals surface area contributed by atoms with Gasteiger partial charge in [-0.15, -0.1) is 0 Å². The Balaban J connectivity index is 2.19. The van der Waals surface area contributed by atoms with Gasteiger partial charge in [0.05, 0.1) is 12.1 Å². The van der Waals surface area contributed by atoms with Crippen molar-refractivity contribution >= 4 is 29.5 Å². The molecule has 0 bridgehead atoms. The second-order valence-electron chi connectivity index (χ2n) is 4.54. The predicted molar refractivity (Wildman–Crippen MR) is 78.6 cm³/mol. The van der Waals surface area contributed by atoms with Crippen LogP contribution >= 0.6 is 12.2 Å². The average Bonchev–Trinajstić information content (AvgIpc) is 2.94. The first-order valence-electron chi connectivity index (χ1n) is 6.14. The summed E-state index contributed by atoms with van der Waals surface area (Å²) >= 11 is 5.17. The van der Waals surface area contributed by atoms with E-state index >= 15 is 0 Å². The zero-order valence-corrected chi connectivity index (χ0v) is 11.5. The summed E-state index contributed by atoms with van der Waals surface area (Å²) in [7, 11) is 0. The Hall–Kier alpha value is -2.54. The number of nitrogens with zero attached hydrogens (tertiary/aromatic N) is 1. The Labute approximate surface area is 123 Å². The number of aldehydes is 1. The number of hydrogen-bond donors (Lipinski definition) is 2. The molecule has 2 aromatic heterocycles. The molecule has 5 nitrogen and oxygen atoms in total. The van der Waals surface area contributed by atoms with Gasteiger partial charge in [-0.25, -0.2) is 4.39 Å². The number of nitrogens with one attached hydrogen (secondary N) is 2. The first-order valence-corrected chi connectivity index (χ1v) is 6.55. The van der Waals surface area contributed by atoms with E-state index in [9.17, 15) is 14.0 Å². The maximum absolute atomic E-state index is 13.2. The minimum absolute atomic E-state index is 0.244. The van der Waals surface area contributed by atoms with Crippen molar-refractivity contribution < 1.29 is 9.18 Å². The maximum atomic E-state index is 13.2. The molecule has 3 rings (SSSR count). The van der Waals surface area contributed by atoms with Crippen molar-refractivity contribution in [1.29, 1.82) is 0 Å². The lowest BCUT2D eigenvalue weighted by atomic mass is 10.1. The van der Waals surface area contributed by atoms with E-state index in [0.717, 1.165) is 0 Å². The summed E-state index contributed by atoms with van der Waals surface area (Å²) in [5, 5.41) is 0. The highest BCUT2D eigenvalue weighted by Crippen LogP contribution is 2.15. The van der Waals surface area contributed by atoms with Crippen molar-refractivity contribution in [3.8, 4) is 0 Å². The molecule has 0 unspecified atom stereocenters. The number of aromatic nitrogens is 3. The number of halogens is 1. The molecule has 0 spiro atoms. The molecule has 0 saturated carbocycles. The summed E-state index contributed by atoms with van der Waals surface area (Å²) in [4.78, 5) is 28.2. The number of benzene rings is 1. The van der Waals surface area contributed by atoms with Crippen LogP contribution in [0.5, 0.6) is 0 Å². The molecule has 21 heavy (non-hydrogen) atoms. The van der Waals surface area contributed by atoms with E-state index in [-0.39, 0.29) is 22.4 Å². The second-order valence-corrected chi connectivity index (χ2v) is 4.93. The van der Waals surface area contributed by atoms with Crippen molar-refractivity contribution in [2.45, 2.75) is 6.54 Å². The van der Waals surface area contributed by atoms with Crippen molar-refractivity contribution in [3.63, 3.8) is 0 Å². The highest BCUT2D eigenvalue weighted by Gasteiger charge is 2.09. The van der Waals surface area contributed by atoms with Crippen LogP contribution in [0.4, 0.5) is 4.39 Å². The molecule has 7 heteroatoms. The molecule has 0 atom stereocenters. The number of carbonyl (C=O) groups is 1. The lowest BCUT2D eigenvalue weighted by Gasteiger charge is -2.10. The number of carbonyl (C=O) groups excluding carboxylic acids is 1. The molecule has 0 amide bonds. The topological polar surface area (TPSA) is 70.7 Å². The Morgan fingerprint density at radius 2 is 2.14 bits per heavy atom. The normalized spacial score (nSPS) is 10.9. The van der Waals surface area contributed by atoms with Gasteiger partial charge in [-0.3, -0.25) is 14.6 Å². The lowest BCUT2D eigenvalue weighted by Crippen LogP contribution is -2.15. The first-order chi connectivity index (χ1) is 10.1. The SMILES string of the molecule is O=Cc1cc(F)ccc1Cn1c(=S)[nH]c(=O)c2[nH]ccc21. The molecule has 3 aromatic rings. The van der Waals surface area contributed by atoms with Gasteiger partial charge in [0, 0.05) is 11.8 Å². The van der Waals surface area contributed by atoms with Crippen LogP contribution in [0.2, 0.25) is 0 Å². The average molecular weight is 303 g/mol. The van der Waals surface area contributed by atoms with E-state index in [1.807, 2.05) is 0 Å². The maximum Gasteiger partial charge on any atom is 0.276 e. The van der Waals surface area contributed by atoms with Gasteiger partial charge in [0.1, 0.15) is 17.6 Å². The summed E-state index contributed by atoms with van der Waals surface area (Å²) in [5.74, 6) is -0.474. The minimum atomic E-state index is -0.474. The highest BCUT2D eigenvalue weighted by atomic mass is 32.1. The van der Waals surface area contributed by atoms with Crippen molar-refractivity contribution in [2.75, 3.05) is 0 Å². The van der Waals surface area contributed by atoms with Crippen LogP contribution in [-0.4, -0.2) is 20.8 Å². The molecule has 0 radical (unpaired) electrons. The lowest BCUT2D eigenvalue weighted by molar-refractivity contribution is 0.112. The van der Waals surface area contributed by atoms with Crippen molar-refractivity contribution in [2.24, 2.45) is 0 Å². The third-order valence-electron chi connectivity index (χ3n) is 3.27. The number of rotatable bonds is 3. The summed E-state index contributed by atoms with van der Waals surface area (Å²) in [6.45, 7) is 0.262. The summed E-state index contributed by atoms with van der Waals surface area (Å²) in [6, 6.07) is 5.72. The Bertz CT molecular complexity index is 955. The fourth-order valence-electron chi connectivity index (χ4n) is 2.25. The van der Waals surface area contributed by atoms with Crippen molar-refractivity contribution in [3.05, 3.63) is 62.5 Å².